The minimum Gasteiger partial charge on any atom is -0.497 e. The zero-order chi connectivity index (χ0) is 29.5. The highest BCUT2D eigenvalue weighted by Crippen LogP contribution is 2.28. The maximum Gasteiger partial charge on any atom is 0.332 e. The Balaban J connectivity index is 1.49. The lowest BCUT2D eigenvalue weighted by Crippen LogP contribution is -2.44. The summed E-state index contributed by atoms with van der Waals surface area (Å²) in [4.78, 5) is 52.1. The van der Waals surface area contributed by atoms with Crippen molar-refractivity contribution in [2.24, 2.45) is 0 Å². The van der Waals surface area contributed by atoms with E-state index in [1.54, 1.807) is 42.8 Å². The average molecular weight is 583 g/mol. The van der Waals surface area contributed by atoms with E-state index in [4.69, 9.17) is 18.9 Å². The third-order valence-corrected chi connectivity index (χ3v) is 7.15. The first kappa shape index (κ1) is 29.2. The number of hydrogen-bond donors (Lipinski definition) is 2. The van der Waals surface area contributed by atoms with E-state index in [1.807, 2.05) is 12.1 Å². The molecule has 2 aromatic heterocycles. The van der Waals surface area contributed by atoms with Crippen LogP contribution in [0.1, 0.15) is 5.56 Å². The van der Waals surface area contributed by atoms with Crippen LogP contribution in [0.5, 0.6) is 23.0 Å². The molecule has 2 amide bonds. The van der Waals surface area contributed by atoms with Crippen molar-refractivity contribution in [2.45, 2.75) is 19.5 Å². The molecule has 2 heterocycles. The Bertz CT molecular complexity index is 1670. The number of fused-ring (bicyclic) bond motifs is 1. The highest BCUT2D eigenvalue weighted by Gasteiger charge is 2.19. The quantitative estimate of drug-likeness (QED) is 0.259. The van der Waals surface area contributed by atoms with Gasteiger partial charge in [0.1, 0.15) is 29.3 Å². The maximum atomic E-state index is 13.4. The first-order chi connectivity index (χ1) is 19.8. The normalized spacial score (nSPS) is 10.7. The van der Waals surface area contributed by atoms with Gasteiger partial charge >= 0.3 is 5.69 Å². The molecule has 0 unspecified atom stereocenters. The maximum absolute atomic E-state index is 13.4. The molecular formula is C28H30N4O8S. The van der Waals surface area contributed by atoms with Crippen LogP contribution in [-0.2, 0) is 29.1 Å². The summed E-state index contributed by atoms with van der Waals surface area (Å²) in [6.07, 6.45) is 0.490. The number of carbonyl (C=O) groups is 2. The van der Waals surface area contributed by atoms with Crippen LogP contribution in [0.25, 0.3) is 10.2 Å². The van der Waals surface area contributed by atoms with Gasteiger partial charge in [-0.3, -0.25) is 19.0 Å². The number of benzene rings is 2. The molecule has 4 aromatic rings. The van der Waals surface area contributed by atoms with Gasteiger partial charge in [-0.2, -0.15) is 0 Å². The number of anilines is 1. The molecule has 13 heteroatoms. The standard InChI is InChI=1S/C28H30N4O8S/c1-37-19-12-18(13-20(14-19)38-2)30-25(34)16-31-21-8-10-41-26(21)27(35)32(28(31)36)15-24(33)29-9-7-17-5-6-22(39-3)23(11-17)40-4/h5-6,8,10-14H,7,9,15-16H2,1-4H3,(H,29,33)(H,30,34). The smallest absolute Gasteiger partial charge is 0.332 e. The third-order valence-electron chi connectivity index (χ3n) is 6.26. The summed E-state index contributed by atoms with van der Waals surface area (Å²) in [5.74, 6) is 1.09. The van der Waals surface area contributed by atoms with Gasteiger partial charge in [-0.15, -0.1) is 11.3 Å². The Hall–Kier alpha value is -4.78. The van der Waals surface area contributed by atoms with Crippen molar-refractivity contribution in [1.82, 2.24) is 14.5 Å². The van der Waals surface area contributed by atoms with Crippen molar-refractivity contribution in [2.75, 3.05) is 40.3 Å². The Morgan fingerprint density at radius 2 is 1.49 bits per heavy atom. The summed E-state index contributed by atoms with van der Waals surface area (Å²) in [7, 11) is 6.06. The van der Waals surface area contributed by atoms with E-state index in [9.17, 15) is 19.2 Å². The van der Waals surface area contributed by atoms with Crippen LogP contribution in [0, 0.1) is 0 Å². The van der Waals surface area contributed by atoms with Crippen LogP contribution in [0.2, 0.25) is 0 Å². The minimum atomic E-state index is -0.769. The molecule has 0 radical (unpaired) electrons. The molecule has 0 bridgehead atoms. The Morgan fingerprint density at radius 1 is 0.805 bits per heavy atom. The second-order valence-electron chi connectivity index (χ2n) is 8.83. The van der Waals surface area contributed by atoms with E-state index in [-0.39, 0.29) is 17.8 Å². The molecule has 0 spiro atoms. The zero-order valence-electron chi connectivity index (χ0n) is 23.0. The van der Waals surface area contributed by atoms with Crippen LogP contribution in [0.15, 0.2) is 57.4 Å². The number of methoxy groups -OCH3 is 4. The van der Waals surface area contributed by atoms with Gasteiger partial charge in [-0.05, 0) is 35.6 Å². The fourth-order valence-electron chi connectivity index (χ4n) is 4.23. The van der Waals surface area contributed by atoms with Crippen molar-refractivity contribution in [3.8, 4) is 23.0 Å². The van der Waals surface area contributed by atoms with E-state index >= 15 is 0 Å². The molecule has 0 saturated heterocycles. The number of amides is 2. The minimum absolute atomic E-state index is 0.263. The lowest BCUT2D eigenvalue weighted by molar-refractivity contribution is -0.121. The van der Waals surface area contributed by atoms with Gasteiger partial charge in [-0.25, -0.2) is 9.36 Å². The molecular weight excluding hydrogens is 552 g/mol. The summed E-state index contributed by atoms with van der Waals surface area (Å²) in [5.41, 5.74) is 0.261. The highest BCUT2D eigenvalue weighted by molar-refractivity contribution is 7.17. The van der Waals surface area contributed by atoms with Crippen molar-refractivity contribution < 1.29 is 28.5 Å². The van der Waals surface area contributed by atoms with Crippen molar-refractivity contribution >= 4 is 39.1 Å². The number of nitrogens with one attached hydrogen (secondary N) is 2. The van der Waals surface area contributed by atoms with Gasteiger partial charge in [0.2, 0.25) is 11.8 Å². The number of aromatic nitrogens is 2. The predicted octanol–water partition coefficient (Wildman–Crippen LogP) is 2.26. The molecule has 4 rings (SSSR count). The number of nitrogens with zero attached hydrogens (tertiary/aromatic N) is 2. The summed E-state index contributed by atoms with van der Waals surface area (Å²) in [6, 6.07) is 11.9. The zero-order valence-corrected chi connectivity index (χ0v) is 23.8. The van der Waals surface area contributed by atoms with Gasteiger partial charge in [0, 0.05) is 30.4 Å². The molecule has 2 aromatic carbocycles. The molecule has 41 heavy (non-hydrogen) atoms. The lowest BCUT2D eigenvalue weighted by atomic mass is 10.1. The molecule has 0 atom stereocenters. The third kappa shape index (κ3) is 6.69. The molecule has 216 valence electrons. The summed E-state index contributed by atoms with van der Waals surface area (Å²) in [6.45, 7) is -0.607. The molecule has 2 N–H and O–H groups in total. The Morgan fingerprint density at radius 3 is 2.15 bits per heavy atom. The van der Waals surface area contributed by atoms with Crippen LogP contribution in [-0.4, -0.2) is 55.9 Å². The fourth-order valence-corrected chi connectivity index (χ4v) is 5.07. The van der Waals surface area contributed by atoms with Crippen LogP contribution in [0.4, 0.5) is 5.69 Å². The number of hydrogen-bond acceptors (Lipinski definition) is 9. The van der Waals surface area contributed by atoms with Crippen LogP contribution < -0.4 is 40.8 Å². The van der Waals surface area contributed by atoms with Gasteiger partial charge in [0.25, 0.3) is 5.56 Å². The Kier molecular flexibility index (Phi) is 9.30. The first-order valence-electron chi connectivity index (χ1n) is 12.5. The van der Waals surface area contributed by atoms with Gasteiger partial charge in [0.05, 0.1) is 34.0 Å². The topological polar surface area (TPSA) is 139 Å². The molecule has 0 aliphatic rings. The number of rotatable bonds is 12. The molecule has 12 nitrogen and oxygen atoms in total. The van der Waals surface area contributed by atoms with Crippen molar-refractivity contribution in [3.63, 3.8) is 0 Å². The fraction of sp³-hybridized carbons (Fsp3) is 0.286. The van der Waals surface area contributed by atoms with E-state index in [1.165, 1.54) is 25.9 Å². The second kappa shape index (κ2) is 13.0. The van der Waals surface area contributed by atoms with Gasteiger partial charge < -0.3 is 29.6 Å². The van der Waals surface area contributed by atoms with E-state index in [0.717, 1.165) is 21.5 Å². The largest absolute Gasteiger partial charge is 0.497 e. The van der Waals surface area contributed by atoms with Crippen molar-refractivity contribution in [3.05, 3.63) is 74.2 Å². The van der Waals surface area contributed by atoms with Crippen molar-refractivity contribution in [1.29, 1.82) is 0 Å². The van der Waals surface area contributed by atoms with Crippen LogP contribution >= 0.6 is 11.3 Å². The molecule has 0 aliphatic heterocycles. The van der Waals surface area contributed by atoms with Gasteiger partial charge in [-0.1, -0.05) is 6.07 Å². The average Bonchev–Trinajstić information content (AvgIpc) is 3.47. The Labute approximate surface area is 239 Å². The molecule has 0 fully saturated rings. The highest BCUT2D eigenvalue weighted by atomic mass is 32.1. The monoisotopic (exact) mass is 582 g/mol. The van der Waals surface area contributed by atoms with E-state index in [0.29, 0.717) is 40.6 Å². The van der Waals surface area contributed by atoms with E-state index in [2.05, 4.69) is 10.6 Å². The number of thiophene rings is 1. The SMILES string of the molecule is COc1cc(NC(=O)Cn2c(=O)n(CC(=O)NCCc3ccc(OC)c(OC)c3)c(=O)c3sccc32)cc(OC)c1. The van der Waals surface area contributed by atoms with E-state index < -0.39 is 29.6 Å². The number of ether oxygens (including phenoxy) is 4. The number of carbonyl (C=O) groups excluding carboxylic acids is 2. The summed E-state index contributed by atoms with van der Waals surface area (Å²) >= 11 is 1.13. The summed E-state index contributed by atoms with van der Waals surface area (Å²) < 4.78 is 23.3. The molecule has 0 aliphatic carbocycles. The first-order valence-corrected chi connectivity index (χ1v) is 13.4. The summed E-state index contributed by atoms with van der Waals surface area (Å²) in [5, 5.41) is 7.11. The molecule has 0 saturated carbocycles. The van der Waals surface area contributed by atoms with Gasteiger partial charge in [0.15, 0.2) is 11.5 Å². The second-order valence-corrected chi connectivity index (χ2v) is 9.75. The lowest BCUT2D eigenvalue weighted by Gasteiger charge is -2.14. The van der Waals surface area contributed by atoms with Crippen LogP contribution in [0.3, 0.4) is 0 Å². The predicted molar refractivity (Wildman–Crippen MR) is 155 cm³/mol.